The smallest absolute Gasteiger partial charge is 0.548 e. The van der Waals surface area contributed by atoms with Crippen LogP contribution in [-0.4, -0.2) is 21.1 Å². The quantitative estimate of drug-likeness (QED) is 0.347. The molecule has 0 aromatic rings. The summed E-state index contributed by atoms with van der Waals surface area (Å²) < 4.78 is -0.741. The molecule has 2 aliphatic heterocycles. The summed E-state index contributed by atoms with van der Waals surface area (Å²) in [6.45, 7) is 6.00. The molecule has 19 heavy (non-hydrogen) atoms. The Balaban J connectivity index is 0. The van der Waals surface area contributed by atoms with Crippen LogP contribution in [0.2, 0.25) is 0 Å². The summed E-state index contributed by atoms with van der Waals surface area (Å²) in [5.74, 6) is -1.95. The number of carboxylic acids is 2. The van der Waals surface area contributed by atoms with E-state index in [1.165, 1.54) is 82.5 Å². The molecule has 2 rings (SSSR count). The van der Waals surface area contributed by atoms with Crippen molar-refractivity contribution in [2.75, 3.05) is 0 Å². The van der Waals surface area contributed by atoms with Crippen molar-refractivity contribution in [2.24, 2.45) is 0 Å². The van der Waals surface area contributed by atoms with Crippen LogP contribution in [0.1, 0.15) is 0 Å². The van der Waals surface area contributed by atoms with E-state index in [1.807, 2.05) is 0 Å². The minimum Gasteiger partial charge on any atom is -0.548 e. The van der Waals surface area contributed by atoms with E-state index in [-0.39, 0.29) is 25.7 Å². The molecule has 0 bridgehead atoms. The van der Waals surface area contributed by atoms with Gasteiger partial charge in [-0.2, -0.15) is 0 Å². The van der Waals surface area contributed by atoms with Crippen molar-refractivity contribution in [1.82, 2.24) is 0 Å². The molecule has 0 radical (unpaired) electrons. The molecule has 0 saturated carbocycles. The van der Waals surface area contributed by atoms with Gasteiger partial charge in [0.2, 0.25) is 0 Å². The van der Waals surface area contributed by atoms with Gasteiger partial charge in [-0.1, -0.05) is 43.2 Å². The molecule has 0 unspecified atom stereocenters. The average molecular weight is 457 g/mol. The predicted molar refractivity (Wildman–Crippen MR) is 89.6 cm³/mol. The van der Waals surface area contributed by atoms with Crippen LogP contribution >= 0.6 is 82.5 Å². The second kappa shape index (κ2) is 14.9. The van der Waals surface area contributed by atoms with Gasteiger partial charge in [0.25, 0.3) is 0 Å². The second-order valence-corrected chi connectivity index (χ2v) is 14.6. The van der Waals surface area contributed by atoms with E-state index in [0.29, 0.717) is 0 Å². The third kappa shape index (κ3) is 11.2. The van der Waals surface area contributed by atoms with Gasteiger partial charge in [-0.05, 0) is 39.3 Å². The molecule has 112 valence electrons. The molecular formula is C6H6NiO4S8. The summed E-state index contributed by atoms with van der Waals surface area (Å²) in [6, 6.07) is 0. The third-order valence-electron chi connectivity index (χ3n) is 0.947. The second-order valence-electron chi connectivity index (χ2n) is 1.96. The Labute approximate surface area is 151 Å². The molecule has 0 amide bonds. The van der Waals surface area contributed by atoms with E-state index in [9.17, 15) is 19.8 Å². The van der Waals surface area contributed by atoms with Crippen LogP contribution in [0.3, 0.4) is 0 Å². The maximum Gasteiger partial charge on any atom is 2.00 e. The van der Waals surface area contributed by atoms with E-state index in [2.05, 4.69) is 13.2 Å². The molecule has 2 fully saturated rings. The fourth-order valence-electron chi connectivity index (χ4n) is 0.396. The molecule has 2 saturated heterocycles. The number of carbonyl (C=O) groups is 2. The zero-order chi connectivity index (χ0) is 14.0. The first-order valence-electron chi connectivity index (χ1n) is 3.84. The SMILES string of the molecule is C=C.O=C([O-])C1SSSS1.O=C([O-])C1SSSS1.[Ni+2]. The number of carboxylic acid groups (broad SMARTS) is 2. The van der Waals surface area contributed by atoms with E-state index < -0.39 is 11.9 Å². The van der Waals surface area contributed by atoms with Gasteiger partial charge >= 0.3 is 16.5 Å². The number of carbonyl (C=O) groups excluding carboxylic acids is 2. The molecule has 0 aromatic carbocycles. The molecule has 4 nitrogen and oxygen atoms in total. The van der Waals surface area contributed by atoms with Crippen LogP contribution in [0.15, 0.2) is 13.2 Å². The Morgan fingerprint density at radius 2 is 0.947 bits per heavy atom. The summed E-state index contributed by atoms with van der Waals surface area (Å²) in [4.78, 5) is 20.0. The van der Waals surface area contributed by atoms with E-state index in [0.717, 1.165) is 0 Å². The van der Waals surface area contributed by atoms with Gasteiger partial charge in [0.15, 0.2) is 0 Å². The number of hydrogen-bond acceptors (Lipinski definition) is 12. The molecule has 0 spiro atoms. The van der Waals surface area contributed by atoms with Crippen molar-refractivity contribution in [3.05, 3.63) is 13.2 Å². The Morgan fingerprint density at radius 1 is 0.737 bits per heavy atom. The van der Waals surface area contributed by atoms with Crippen molar-refractivity contribution in [1.29, 1.82) is 0 Å². The van der Waals surface area contributed by atoms with Gasteiger partial charge in [-0.15, -0.1) is 13.2 Å². The molecule has 0 aliphatic carbocycles. The van der Waals surface area contributed by atoms with Gasteiger partial charge < -0.3 is 19.8 Å². The zero-order valence-electron chi connectivity index (χ0n) is 8.78. The Morgan fingerprint density at radius 3 is 1.05 bits per heavy atom. The Kier molecular flexibility index (Phi) is 18.2. The maximum atomic E-state index is 10.0. The molecule has 2 aliphatic rings. The number of hydrogen-bond donors (Lipinski definition) is 0. The van der Waals surface area contributed by atoms with Crippen molar-refractivity contribution in [2.45, 2.75) is 9.16 Å². The molecule has 0 atom stereocenters. The van der Waals surface area contributed by atoms with Crippen molar-refractivity contribution < 1.29 is 36.3 Å². The predicted octanol–water partition coefficient (Wildman–Crippen LogP) is 2.31. The van der Waals surface area contributed by atoms with Gasteiger partial charge in [0, 0.05) is 0 Å². The largest absolute Gasteiger partial charge is 2.00 e. The normalized spacial score (nSPS) is 18.3. The van der Waals surface area contributed by atoms with Crippen LogP contribution in [-0.2, 0) is 26.1 Å². The van der Waals surface area contributed by atoms with Crippen LogP contribution < -0.4 is 10.2 Å². The van der Waals surface area contributed by atoms with Crippen LogP contribution in [0.5, 0.6) is 0 Å². The fourth-order valence-corrected chi connectivity index (χ4v) is 16.5. The maximum absolute atomic E-state index is 10.0. The summed E-state index contributed by atoms with van der Waals surface area (Å²) in [5, 5.41) is 20.0. The standard InChI is InChI=1S/2C2H2O2S4.C2H4.Ni/c2*3-1(4)2-5-7-8-6-2;1-2;/h2*2H,(H,3,4);1-2H2;/q;;;+2/p-2. The summed E-state index contributed by atoms with van der Waals surface area (Å²) in [7, 11) is 11.3. The fraction of sp³-hybridized carbons (Fsp3) is 0.333. The average Bonchev–Trinajstić information content (AvgIpc) is 3.06. The van der Waals surface area contributed by atoms with E-state index >= 15 is 0 Å². The van der Waals surface area contributed by atoms with Crippen molar-refractivity contribution in [3.8, 4) is 0 Å². The minimum absolute atomic E-state index is 0. The van der Waals surface area contributed by atoms with Crippen molar-refractivity contribution in [3.63, 3.8) is 0 Å². The van der Waals surface area contributed by atoms with Crippen molar-refractivity contribution >= 4 is 94.4 Å². The monoisotopic (exact) mass is 456 g/mol. The van der Waals surface area contributed by atoms with E-state index in [4.69, 9.17) is 0 Å². The number of aliphatic carboxylic acids is 2. The number of rotatable bonds is 2. The van der Waals surface area contributed by atoms with Crippen LogP contribution in [0.25, 0.3) is 0 Å². The van der Waals surface area contributed by atoms with E-state index in [1.54, 1.807) is 0 Å². The first-order valence-corrected chi connectivity index (χ1v) is 13.7. The first-order chi connectivity index (χ1) is 8.61. The summed E-state index contributed by atoms with van der Waals surface area (Å²) >= 11 is 0. The van der Waals surface area contributed by atoms with Gasteiger partial charge in [0.1, 0.15) is 9.16 Å². The Bertz CT molecular complexity index is 244. The third-order valence-corrected chi connectivity index (χ3v) is 15.9. The van der Waals surface area contributed by atoms with Crippen LogP contribution in [0.4, 0.5) is 0 Å². The summed E-state index contributed by atoms with van der Waals surface area (Å²) in [6.07, 6.45) is 0. The molecule has 0 N–H and O–H groups in total. The molecule has 0 aromatic heterocycles. The zero-order valence-corrected chi connectivity index (χ0v) is 16.3. The van der Waals surface area contributed by atoms with Crippen LogP contribution in [0, 0.1) is 0 Å². The molecule has 2 heterocycles. The van der Waals surface area contributed by atoms with Gasteiger partial charge in [-0.3, -0.25) is 0 Å². The Hall–Kier alpha value is 1.97. The molecular weight excluding hydrogens is 451 g/mol. The first kappa shape index (κ1) is 23.2. The summed E-state index contributed by atoms with van der Waals surface area (Å²) in [5.41, 5.74) is 0. The van der Waals surface area contributed by atoms with Gasteiger partial charge in [-0.25, -0.2) is 0 Å². The topological polar surface area (TPSA) is 80.3 Å². The molecule has 13 heteroatoms. The minimum atomic E-state index is -0.975. The van der Waals surface area contributed by atoms with Gasteiger partial charge in [0.05, 0.1) is 11.9 Å².